The van der Waals surface area contributed by atoms with Crippen LogP contribution in [0, 0.1) is 0 Å². The quantitative estimate of drug-likeness (QED) is 0.564. The highest BCUT2D eigenvalue weighted by Crippen LogP contribution is 2.03. The van der Waals surface area contributed by atoms with Crippen LogP contribution in [0.25, 0.3) is 6.08 Å². The van der Waals surface area contributed by atoms with E-state index in [4.69, 9.17) is 14.9 Å². The number of carbonyl (C=O) groups excluding carboxylic acids is 1. The number of benzene rings is 1. The van der Waals surface area contributed by atoms with E-state index in [0.29, 0.717) is 6.42 Å². The van der Waals surface area contributed by atoms with E-state index in [2.05, 4.69) is 13.2 Å². The minimum absolute atomic E-state index is 0.0724. The standard InChI is InChI=1S/C11H16O5.C8H8/c1-3-9(12)7-16-11(15)8(2)5-4-6-10(13)14;1-2-8-6-4-3-5-7-8/h4,6,9,12H,2-3,5,7H2,1H3,(H,13,14);2-7H,1H2. The Morgan fingerprint density at radius 3 is 2.38 bits per heavy atom. The molecule has 0 aliphatic carbocycles. The summed E-state index contributed by atoms with van der Waals surface area (Å²) in [6.45, 7) is 8.78. The number of rotatable bonds is 8. The molecule has 0 bridgehead atoms. The first-order chi connectivity index (χ1) is 11.4. The van der Waals surface area contributed by atoms with E-state index in [1.807, 2.05) is 36.4 Å². The van der Waals surface area contributed by atoms with Crippen LogP contribution >= 0.6 is 0 Å². The number of esters is 1. The first kappa shape index (κ1) is 21.3. The van der Waals surface area contributed by atoms with Crippen molar-refractivity contribution in [3.05, 3.63) is 66.8 Å². The summed E-state index contributed by atoms with van der Waals surface area (Å²) in [5.41, 5.74) is 1.33. The van der Waals surface area contributed by atoms with Crippen LogP contribution < -0.4 is 0 Å². The Kier molecular flexibility index (Phi) is 11.4. The van der Waals surface area contributed by atoms with Gasteiger partial charge in [0.2, 0.25) is 0 Å². The number of hydrogen-bond acceptors (Lipinski definition) is 4. The highest BCUT2D eigenvalue weighted by atomic mass is 16.5. The molecule has 0 fully saturated rings. The van der Waals surface area contributed by atoms with Crippen LogP contribution in [0.5, 0.6) is 0 Å². The molecule has 0 aliphatic rings. The fourth-order valence-corrected chi connectivity index (χ4v) is 1.37. The van der Waals surface area contributed by atoms with Gasteiger partial charge in [0.05, 0.1) is 6.10 Å². The second-order valence-corrected chi connectivity index (χ2v) is 4.82. The third kappa shape index (κ3) is 11.0. The van der Waals surface area contributed by atoms with Crippen molar-refractivity contribution in [1.82, 2.24) is 0 Å². The summed E-state index contributed by atoms with van der Waals surface area (Å²) in [5.74, 6) is -1.70. The van der Waals surface area contributed by atoms with E-state index >= 15 is 0 Å². The van der Waals surface area contributed by atoms with Crippen molar-refractivity contribution in [1.29, 1.82) is 0 Å². The number of carboxylic acids is 1. The van der Waals surface area contributed by atoms with Crippen LogP contribution in [-0.2, 0) is 14.3 Å². The Morgan fingerprint density at radius 2 is 1.92 bits per heavy atom. The lowest BCUT2D eigenvalue weighted by molar-refractivity contribution is -0.142. The lowest BCUT2D eigenvalue weighted by Gasteiger charge is -2.09. The number of aliphatic hydroxyl groups excluding tert-OH is 1. The fraction of sp³-hybridized carbons (Fsp3) is 0.263. The number of carboxylic acid groups (broad SMARTS) is 1. The van der Waals surface area contributed by atoms with Crippen LogP contribution in [0.1, 0.15) is 25.3 Å². The number of aliphatic hydroxyl groups is 1. The number of carbonyl (C=O) groups is 2. The molecule has 2 N–H and O–H groups in total. The molecule has 5 heteroatoms. The lowest BCUT2D eigenvalue weighted by Crippen LogP contribution is -2.18. The molecule has 0 aliphatic heterocycles. The molecular weight excluding hydrogens is 308 g/mol. The summed E-state index contributed by atoms with van der Waals surface area (Å²) >= 11 is 0. The number of aliphatic carboxylic acids is 1. The predicted molar refractivity (Wildman–Crippen MR) is 94.3 cm³/mol. The van der Waals surface area contributed by atoms with Gasteiger partial charge in [-0.3, -0.25) is 0 Å². The molecule has 0 saturated carbocycles. The molecule has 0 aromatic heterocycles. The molecule has 130 valence electrons. The number of hydrogen-bond donors (Lipinski definition) is 2. The molecule has 0 radical (unpaired) electrons. The third-order valence-corrected chi connectivity index (χ3v) is 2.83. The van der Waals surface area contributed by atoms with E-state index < -0.39 is 18.0 Å². The van der Waals surface area contributed by atoms with Gasteiger partial charge in [-0.05, 0) is 18.4 Å². The maximum absolute atomic E-state index is 11.2. The molecule has 5 nitrogen and oxygen atoms in total. The molecule has 1 aromatic rings. The van der Waals surface area contributed by atoms with Crippen molar-refractivity contribution in [2.45, 2.75) is 25.9 Å². The van der Waals surface area contributed by atoms with Crippen LogP contribution in [-0.4, -0.2) is 34.9 Å². The zero-order valence-electron chi connectivity index (χ0n) is 13.9. The van der Waals surface area contributed by atoms with Crippen LogP contribution in [0.3, 0.4) is 0 Å². The number of ether oxygens (including phenoxy) is 1. The highest BCUT2D eigenvalue weighted by molar-refractivity contribution is 5.88. The van der Waals surface area contributed by atoms with Gasteiger partial charge in [0.15, 0.2) is 0 Å². The van der Waals surface area contributed by atoms with E-state index in [-0.39, 0.29) is 18.6 Å². The van der Waals surface area contributed by atoms with Gasteiger partial charge in [0.1, 0.15) is 6.61 Å². The Hall–Kier alpha value is -2.66. The average molecular weight is 332 g/mol. The normalized spacial score (nSPS) is 11.1. The summed E-state index contributed by atoms with van der Waals surface area (Å²) in [6.07, 6.45) is 4.01. The number of allylic oxidation sites excluding steroid dienone is 1. The smallest absolute Gasteiger partial charge is 0.333 e. The summed E-state index contributed by atoms with van der Waals surface area (Å²) in [5, 5.41) is 17.4. The second-order valence-electron chi connectivity index (χ2n) is 4.82. The largest absolute Gasteiger partial charge is 0.478 e. The van der Waals surface area contributed by atoms with E-state index in [1.165, 1.54) is 11.6 Å². The van der Waals surface area contributed by atoms with Gasteiger partial charge >= 0.3 is 11.9 Å². The minimum atomic E-state index is -1.08. The van der Waals surface area contributed by atoms with Crippen molar-refractivity contribution in [3.8, 4) is 0 Å². The van der Waals surface area contributed by atoms with Gasteiger partial charge in [0, 0.05) is 11.6 Å². The van der Waals surface area contributed by atoms with Gasteiger partial charge in [-0.15, -0.1) is 0 Å². The van der Waals surface area contributed by atoms with E-state index in [0.717, 1.165) is 6.08 Å². The van der Waals surface area contributed by atoms with Crippen LogP contribution in [0.4, 0.5) is 0 Å². The third-order valence-electron chi connectivity index (χ3n) is 2.83. The molecule has 24 heavy (non-hydrogen) atoms. The van der Waals surface area contributed by atoms with Gasteiger partial charge in [0.25, 0.3) is 0 Å². The zero-order chi connectivity index (χ0) is 18.4. The zero-order valence-corrected chi connectivity index (χ0v) is 13.9. The summed E-state index contributed by atoms with van der Waals surface area (Å²) < 4.78 is 4.74. The molecule has 0 spiro atoms. The Labute approximate surface area is 142 Å². The topological polar surface area (TPSA) is 83.8 Å². The average Bonchev–Trinajstić information content (AvgIpc) is 2.60. The van der Waals surface area contributed by atoms with Crippen molar-refractivity contribution < 1.29 is 24.5 Å². The SMILES string of the molecule is C=C(CC=CC(=O)O)C(=O)OCC(O)CC.C=Cc1ccccc1. The summed E-state index contributed by atoms with van der Waals surface area (Å²) in [6, 6.07) is 10.0. The molecule has 0 saturated heterocycles. The van der Waals surface area contributed by atoms with Gasteiger partial charge in [-0.25, -0.2) is 9.59 Å². The molecule has 0 heterocycles. The van der Waals surface area contributed by atoms with Crippen LogP contribution in [0.2, 0.25) is 0 Å². The monoisotopic (exact) mass is 332 g/mol. The van der Waals surface area contributed by atoms with Crippen molar-refractivity contribution >= 4 is 18.0 Å². The van der Waals surface area contributed by atoms with Crippen molar-refractivity contribution in [3.63, 3.8) is 0 Å². The van der Waals surface area contributed by atoms with Crippen molar-refractivity contribution in [2.75, 3.05) is 6.61 Å². The molecule has 1 rings (SSSR count). The molecule has 0 amide bonds. The Morgan fingerprint density at radius 1 is 1.29 bits per heavy atom. The first-order valence-electron chi connectivity index (χ1n) is 7.50. The molecule has 1 unspecified atom stereocenters. The minimum Gasteiger partial charge on any atom is -0.478 e. The maximum atomic E-state index is 11.2. The Bertz CT molecular complexity index is 560. The molecule has 1 aromatic carbocycles. The highest BCUT2D eigenvalue weighted by Gasteiger charge is 2.09. The maximum Gasteiger partial charge on any atom is 0.333 e. The first-order valence-corrected chi connectivity index (χ1v) is 7.50. The summed E-state index contributed by atoms with van der Waals surface area (Å²) in [4.78, 5) is 21.4. The van der Waals surface area contributed by atoms with Gasteiger partial charge in [-0.1, -0.05) is 62.6 Å². The summed E-state index contributed by atoms with van der Waals surface area (Å²) in [7, 11) is 0. The predicted octanol–water partition coefficient (Wildman–Crippen LogP) is 3.22. The molecule has 1 atom stereocenters. The van der Waals surface area contributed by atoms with Crippen molar-refractivity contribution in [2.24, 2.45) is 0 Å². The van der Waals surface area contributed by atoms with Gasteiger partial charge in [-0.2, -0.15) is 0 Å². The van der Waals surface area contributed by atoms with Crippen LogP contribution in [0.15, 0.2) is 61.2 Å². The van der Waals surface area contributed by atoms with E-state index in [1.54, 1.807) is 6.92 Å². The second kappa shape index (κ2) is 12.8. The fourth-order valence-electron chi connectivity index (χ4n) is 1.37. The van der Waals surface area contributed by atoms with E-state index in [9.17, 15) is 9.59 Å². The Balaban J connectivity index is 0.000000546. The van der Waals surface area contributed by atoms with Gasteiger partial charge < -0.3 is 14.9 Å². The molecular formula is C19H24O5. The lowest BCUT2D eigenvalue weighted by atomic mass is 10.2.